The molecule has 72 valence electrons. The van der Waals surface area contributed by atoms with Gasteiger partial charge in [0, 0.05) is 11.3 Å². The van der Waals surface area contributed by atoms with E-state index in [1.807, 2.05) is 0 Å². The molecule has 0 spiro atoms. The molecule has 0 atom stereocenters. The average molecular weight is 196 g/mol. The van der Waals surface area contributed by atoms with Crippen LogP contribution in [-0.2, 0) is 16.6 Å². The molecule has 0 radical (unpaired) electrons. The Morgan fingerprint density at radius 2 is 2.08 bits per heavy atom. The summed E-state index contributed by atoms with van der Waals surface area (Å²) in [6.45, 7) is 8.20. The van der Waals surface area contributed by atoms with E-state index in [4.69, 9.17) is 0 Å². The van der Waals surface area contributed by atoms with E-state index >= 15 is 0 Å². The van der Waals surface area contributed by atoms with Crippen molar-refractivity contribution in [3.8, 4) is 0 Å². The van der Waals surface area contributed by atoms with E-state index < -0.39 is 0 Å². The standard InChI is InChI=1S/C11H16OS/c1-8(12)5-10-6-9(7-13-10)11(2,3)4/h6-7H,5H2,1-4H3. The number of carbonyl (C=O) groups is 1. The minimum absolute atomic E-state index is 0.200. The van der Waals surface area contributed by atoms with Crippen molar-refractivity contribution in [3.05, 3.63) is 21.9 Å². The van der Waals surface area contributed by atoms with Crippen molar-refractivity contribution < 1.29 is 4.79 Å². The second kappa shape index (κ2) is 3.62. The lowest BCUT2D eigenvalue weighted by Gasteiger charge is -2.15. The molecule has 1 aromatic rings. The molecule has 1 nitrogen and oxygen atoms in total. The minimum atomic E-state index is 0.200. The quantitative estimate of drug-likeness (QED) is 0.710. The molecule has 2 heteroatoms. The van der Waals surface area contributed by atoms with Crippen molar-refractivity contribution in [2.45, 2.75) is 39.5 Å². The normalized spacial score (nSPS) is 11.7. The Morgan fingerprint density at radius 1 is 1.46 bits per heavy atom. The Kier molecular flexibility index (Phi) is 2.91. The highest BCUT2D eigenvalue weighted by molar-refractivity contribution is 7.10. The second-order valence-electron chi connectivity index (χ2n) is 4.43. The largest absolute Gasteiger partial charge is 0.300 e. The summed E-state index contributed by atoms with van der Waals surface area (Å²) in [5, 5.41) is 2.15. The molecular weight excluding hydrogens is 180 g/mol. The molecule has 0 aliphatic carbocycles. The van der Waals surface area contributed by atoms with Crippen LogP contribution in [0.2, 0.25) is 0 Å². The first kappa shape index (κ1) is 10.5. The van der Waals surface area contributed by atoms with E-state index in [-0.39, 0.29) is 11.2 Å². The van der Waals surface area contributed by atoms with Gasteiger partial charge in [0.2, 0.25) is 0 Å². The third-order valence-electron chi connectivity index (χ3n) is 1.94. The van der Waals surface area contributed by atoms with E-state index in [1.165, 1.54) is 10.4 Å². The molecule has 0 saturated carbocycles. The van der Waals surface area contributed by atoms with E-state index in [0.29, 0.717) is 6.42 Å². The highest BCUT2D eigenvalue weighted by Crippen LogP contribution is 2.27. The van der Waals surface area contributed by atoms with Crippen molar-refractivity contribution in [2.24, 2.45) is 0 Å². The Labute approximate surface area is 83.8 Å². The third kappa shape index (κ3) is 2.96. The van der Waals surface area contributed by atoms with Crippen LogP contribution < -0.4 is 0 Å². The predicted molar refractivity (Wildman–Crippen MR) is 57.4 cm³/mol. The smallest absolute Gasteiger partial charge is 0.135 e. The molecule has 0 saturated heterocycles. The lowest BCUT2D eigenvalue weighted by atomic mass is 9.89. The van der Waals surface area contributed by atoms with Gasteiger partial charge in [0.1, 0.15) is 5.78 Å². The Morgan fingerprint density at radius 3 is 2.46 bits per heavy atom. The highest BCUT2D eigenvalue weighted by atomic mass is 32.1. The van der Waals surface area contributed by atoms with Gasteiger partial charge < -0.3 is 0 Å². The van der Waals surface area contributed by atoms with Crippen molar-refractivity contribution in [1.82, 2.24) is 0 Å². The van der Waals surface area contributed by atoms with Crippen LogP contribution in [0.15, 0.2) is 11.4 Å². The van der Waals surface area contributed by atoms with Crippen molar-refractivity contribution in [3.63, 3.8) is 0 Å². The SMILES string of the molecule is CC(=O)Cc1cc(C(C)(C)C)cs1. The molecule has 0 N–H and O–H groups in total. The van der Waals surface area contributed by atoms with Gasteiger partial charge in [-0.3, -0.25) is 4.79 Å². The van der Waals surface area contributed by atoms with Crippen LogP contribution in [0.4, 0.5) is 0 Å². The number of hydrogen-bond donors (Lipinski definition) is 0. The van der Waals surface area contributed by atoms with Gasteiger partial charge in [0.25, 0.3) is 0 Å². The van der Waals surface area contributed by atoms with E-state index in [9.17, 15) is 4.79 Å². The summed E-state index contributed by atoms with van der Waals surface area (Å²) < 4.78 is 0. The summed E-state index contributed by atoms with van der Waals surface area (Å²) in [6, 6.07) is 2.14. The van der Waals surface area contributed by atoms with Crippen molar-refractivity contribution >= 4 is 17.1 Å². The Hall–Kier alpha value is -0.630. The van der Waals surface area contributed by atoms with Crippen molar-refractivity contribution in [2.75, 3.05) is 0 Å². The minimum Gasteiger partial charge on any atom is -0.300 e. The number of rotatable bonds is 2. The van der Waals surface area contributed by atoms with Gasteiger partial charge in [-0.1, -0.05) is 20.8 Å². The lowest BCUT2D eigenvalue weighted by Crippen LogP contribution is -2.09. The number of Topliss-reactive ketones (excluding diaryl/α,β-unsaturated/α-hetero) is 1. The van der Waals surface area contributed by atoms with E-state index in [1.54, 1.807) is 18.3 Å². The zero-order valence-corrected chi connectivity index (χ0v) is 9.49. The van der Waals surface area contributed by atoms with Gasteiger partial charge in [0.05, 0.1) is 0 Å². The van der Waals surface area contributed by atoms with Crippen LogP contribution in [0.5, 0.6) is 0 Å². The maximum atomic E-state index is 10.9. The summed E-state index contributed by atoms with van der Waals surface area (Å²) in [7, 11) is 0. The van der Waals surface area contributed by atoms with Gasteiger partial charge in [-0.2, -0.15) is 0 Å². The van der Waals surface area contributed by atoms with E-state index in [2.05, 4.69) is 32.2 Å². The highest BCUT2D eigenvalue weighted by Gasteiger charge is 2.15. The number of ketones is 1. The Balaban J connectivity index is 2.81. The molecule has 0 amide bonds. The van der Waals surface area contributed by atoms with Gasteiger partial charge in [-0.15, -0.1) is 11.3 Å². The van der Waals surface area contributed by atoms with Crippen LogP contribution in [-0.4, -0.2) is 5.78 Å². The van der Waals surface area contributed by atoms with Crippen LogP contribution >= 0.6 is 11.3 Å². The molecule has 0 bridgehead atoms. The molecular formula is C11H16OS. The third-order valence-corrected chi connectivity index (χ3v) is 2.88. The number of hydrogen-bond acceptors (Lipinski definition) is 2. The fourth-order valence-electron chi connectivity index (χ4n) is 1.11. The van der Waals surface area contributed by atoms with Gasteiger partial charge in [0.15, 0.2) is 0 Å². The van der Waals surface area contributed by atoms with Crippen LogP contribution in [0.3, 0.4) is 0 Å². The zero-order valence-electron chi connectivity index (χ0n) is 8.68. The lowest BCUT2D eigenvalue weighted by molar-refractivity contribution is -0.116. The molecule has 1 aromatic heterocycles. The average Bonchev–Trinajstić information content (AvgIpc) is 2.32. The molecule has 0 aliphatic heterocycles. The summed E-state index contributed by atoms with van der Waals surface area (Å²) in [5.41, 5.74) is 1.53. The maximum absolute atomic E-state index is 10.9. The molecule has 0 aromatic carbocycles. The van der Waals surface area contributed by atoms with Crippen LogP contribution in [0, 0.1) is 0 Å². The van der Waals surface area contributed by atoms with Crippen LogP contribution in [0.25, 0.3) is 0 Å². The maximum Gasteiger partial charge on any atom is 0.135 e. The monoisotopic (exact) mass is 196 g/mol. The molecule has 0 unspecified atom stereocenters. The fraction of sp³-hybridized carbons (Fsp3) is 0.545. The first-order valence-corrected chi connectivity index (χ1v) is 5.35. The molecule has 13 heavy (non-hydrogen) atoms. The van der Waals surface area contributed by atoms with Crippen molar-refractivity contribution in [1.29, 1.82) is 0 Å². The summed E-state index contributed by atoms with van der Waals surface area (Å²) >= 11 is 1.68. The van der Waals surface area contributed by atoms with Gasteiger partial charge in [-0.25, -0.2) is 0 Å². The summed E-state index contributed by atoms with van der Waals surface area (Å²) in [4.78, 5) is 12.1. The first-order chi connectivity index (χ1) is 5.89. The molecule has 0 aliphatic rings. The molecule has 0 fully saturated rings. The van der Waals surface area contributed by atoms with E-state index in [0.717, 1.165) is 0 Å². The second-order valence-corrected chi connectivity index (χ2v) is 5.43. The van der Waals surface area contributed by atoms with Gasteiger partial charge >= 0.3 is 0 Å². The molecule has 1 heterocycles. The Bertz CT molecular complexity index is 304. The first-order valence-electron chi connectivity index (χ1n) is 4.47. The number of thiophene rings is 1. The fourth-order valence-corrected chi connectivity index (χ4v) is 2.29. The summed E-state index contributed by atoms with van der Waals surface area (Å²) in [6.07, 6.45) is 0.584. The molecule has 1 rings (SSSR count). The predicted octanol–water partition coefficient (Wildman–Crippen LogP) is 3.18. The van der Waals surface area contributed by atoms with Gasteiger partial charge in [-0.05, 0) is 29.3 Å². The summed E-state index contributed by atoms with van der Waals surface area (Å²) in [5.74, 6) is 0.238. The zero-order chi connectivity index (χ0) is 10.1. The van der Waals surface area contributed by atoms with Crippen LogP contribution in [0.1, 0.15) is 38.1 Å². The number of carbonyl (C=O) groups excluding carboxylic acids is 1. The topological polar surface area (TPSA) is 17.1 Å².